The molecule has 0 radical (unpaired) electrons. The predicted octanol–water partition coefficient (Wildman–Crippen LogP) is 4.08. The van der Waals surface area contributed by atoms with E-state index in [1.54, 1.807) is 0 Å². The molecule has 2 unspecified atom stereocenters. The number of carbonyl (C=O) groups is 2. The SMILES string of the molecule is C[C@H](CCC(=O)NCCCCCC(=O)O[C@@H]1C[C@@H](COP(=O)(O)O[C@@H]2C[C@@H](COP(=O)(O)O[C@@H]3C[C@@H](CO)O[C@H]3n3cnc4c(N)ncnc43)O[C@H]2n2cnc3c(N)ncnc32)O[C@H]1n1cnc2c(N)ncnc21)[C@H]1CC[C@H]2[C@@H]3[C@H](O)C[C@@H]4C[C@H](O)CC[C@]4(C)[C@H]3C[C@H](O)[C@]12C. The van der Waals surface area contributed by atoms with Crippen LogP contribution in [0.15, 0.2) is 38.0 Å². The number of nitrogens with one attached hydrogen (secondary N) is 1. The van der Waals surface area contributed by atoms with Gasteiger partial charge in [-0.25, -0.2) is 54.0 Å². The number of aliphatic hydroxyl groups is 4. The minimum atomic E-state index is -5.09. The molecule has 7 fully saturated rings. The highest BCUT2D eigenvalue weighted by molar-refractivity contribution is 7.47. The summed E-state index contributed by atoms with van der Waals surface area (Å²) in [4.78, 5) is 87.1. The quantitative estimate of drug-likeness (QED) is 0.0219. The third-order valence-electron chi connectivity index (χ3n) is 22.0. The van der Waals surface area contributed by atoms with Gasteiger partial charge in [-0.3, -0.25) is 41.4 Å². The molecule has 3 saturated heterocycles. The van der Waals surface area contributed by atoms with E-state index in [1.807, 2.05) is 0 Å². The molecule has 6 aromatic rings. The number of anilines is 3. The van der Waals surface area contributed by atoms with Gasteiger partial charge >= 0.3 is 21.6 Å². The fourth-order valence-electron chi connectivity index (χ4n) is 17.2. The summed E-state index contributed by atoms with van der Waals surface area (Å²) in [5.41, 5.74) is 19.2. The van der Waals surface area contributed by atoms with E-state index < -0.39 is 109 Å². The number of aliphatic hydroxyl groups excluding tert-OH is 4. The number of fused-ring (bicyclic) bond motifs is 8. The van der Waals surface area contributed by atoms with E-state index in [0.717, 1.165) is 25.7 Å². The molecule has 22 atom stereocenters. The van der Waals surface area contributed by atoms with Crippen LogP contribution in [0.2, 0.25) is 0 Å². The normalized spacial score (nSPS) is 35.2. The second kappa shape index (κ2) is 27.6. The average Bonchev–Trinajstić information content (AvgIpc) is 1.24. The van der Waals surface area contributed by atoms with E-state index in [9.17, 15) is 48.9 Å². The van der Waals surface area contributed by atoms with Crippen LogP contribution in [0.5, 0.6) is 0 Å². The average molecular weight is 1380 g/mol. The van der Waals surface area contributed by atoms with Crippen molar-refractivity contribution in [3.63, 3.8) is 0 Å². The molecule has 3 aliphatic heterocycles. The minimum Gasteiger partial charge on any atom is -0.457 e. The van der Waals surface area contributed by atoms with Crippen molar-refractivity contribution in [2.75, 3.05) is 43.6 Å². The monoisotopic (exact) mass is 1380 g/mol. The number of amides is 1. The van der Waals surface area contributed by atoms with Crippen molar-refractivity contribution < 1.29 is 86.0 Å². The molecule has 4 saturated carbocycles. The summed E-state index contributed by atoms with van der Waals surface area (Å²) in [5, 5.41) is 47.3. The number of nitrogens with zero attached hydrogens (tertiary/aromatic N) is 12. The van der Waals surface area contributed by atoms with Crippen LogP contribution in [0.25, 0.3) is 33.5 Å². The molecule has 7 aliphatic rings. The number of ether oxygens (including phenoxy) is 4. The molecule has 0 spiro atoms. The maximum atomic E-state index is 14.1. The second-order valence-corrected chi connectivity index (χ2v) is 30.4. The molecule has 34 nitrogen and oxygen atoms in total. The number of rotatable bonds is 25. The zero-order valence-corrected chi connectivity index (χ0v) is 55.4. The Morgan fingerprint density at radius 1 is 0.656 bits per heavy atom. The van der Waals surface area contributed by atoms with E-state index in [4.69, 9.17) is 54.2 Å². The number of phosphoric acid groups is 2. The Balaban J connectivity index is 0.595. The van der Waals surface area contributed by atoms with Gasteiger partial charge in [0, 0.05) is 38.6 Å². The molecule has 13 rings (SSSR count). The Morgan fingerprint density at radius 2 is 1.18 bits per heavy atom. The smallest absolute Gasteiger partial charge is 0.457 e. The van der Waals surface area contributed by atoms with Gasteiger partial charge < -0.3 is 71.7 Å². The number of nitrogens with two attached hydrogens (primary N) is 3. The van der Waals surface area contributed by atoms with Crippen molar-refractivity contribution in [2.24, 2.45) is 46.3 Å². The zero-order valence-electron chi connectivity index (χ0n) is 53.6. The number of unbranched alkanes of at least 4 members (excludes halogenated alkanes) is 2. The first kappa shape index (κ1) is 68.5. The van der Waals surface area contributed by atoms with Gasteiger partial charge in [-0.05, 0) is 111 Å². The largest absolute Gasteiger partial charge is 0.472 e. The lowest BCUT2D eigenvalue weighted by atomic mass is 9.43. The van der Waals surface area contributed by atoms with E-state index in [1.165, 1.54) is 51.7 Å². The molecular formula is C60H86N16O18P2. The predicted molar refractivity (Wildman–Crippen MR) is 337 cm³/mol. The highest BCUT2D eigenvalue weighted by Crippen LogP contribution is 2.68. The Bertz CT molecular complexity index is 3890. The maximum Gasteiger partial charge on any atom is 0.472 e. The van der Waals surface area contributed by atoms with Crippen LogP contribution in [0.4, 0.5) is 17.5 Å². The van der Waals surface area contributed by atoms with Gasteiger partial charge in [-0.2, -0.15) is 0 Å². The summed E-state index contributed by atoms with van der Waals surface area (Å²) < 4.78 is 79.4. The number of carbonyl (C=O) groups excluding carboxylic acids is 2. The minimum absolute atomic E-state index is 0.00432. The molecule has 0 bridgehead atoms. The van der Waals surface area contributed by atoms with Gasteiger partial charge in [0.05, 0.1) is 75.4 Å². The second-order valence-electron chi connectivity index (χ2n) is 27.6. The molecular weight excluding hydrogens is 1290 g/mol. The zero-order chi connectivity index (χ0) is 67.6. The van der Waals surface area contributed by atoms with Crippen molar-refractivity contribution in [2.45, 2.75) is 197 Å². The summed E-state index contributed by atoms with van der Waals surface area (Å²) in [5.74, 6) is 0.789. The highest BCUT2D eigenvalue weighted by atomic mass is 31.2. The third kappa shape index (κ3) is 13.5. The number of hydrogen-bond acceptors (Lipinski definition) is 28. The Hall–Kier alpha value is -6.07. The molecule has 0 aromatic carbocycles. The fraction of sp³-hybridized carbons (Fsp3) is 0.717. The third-order valence-corrected chi connectivity index (χ3v) is 24.0. The van der Waals surface area contributed by atoms with Gasteiger partial charge in [0.25, 0.3) is 0 Å². The summed E-state index contributed by atoms with van der Waals surface area (Å²) in [6.45, 7) is 5.56. The number of hydrogen-bond donors (Lipinski definition) is 10. The number of aromatic nitrogens is 12. The van der Waals surface area contributed by atoms with Crippen LogP contribution < -0.4 is 22.5 Å². The topological polar surface area (TPSA) is 484 Å². The summed E-state index contributed by atoms with van der Waals surface area (Å²) in [6, 6.07) is 0. The number of nitrogen functional groups attached to an aromatic ring is 3. The van der Waals surface area contributed by atoms with E-state index >= 15 is 0 Å². The molecule has 524 valence electrons. The Labute approximate surface area is 551 Å². The van der Waals surface area contributed by atoms with Crippen molar-refractivity contribution in [1.29, 1.82) is 0 Å². The van der Waals surface area contributed by atoms with E-state index in [0.29, 0.717) is 57.9 Å². The molecule has 6 aromatic heterocycles. The van der Waals surface area contributed by atoms with Crippen molar-refractivity contribution in [1.82, 2.24) is 63.9 Å². The molecule has 96 heavy (non-hydrogen) atoms. The van der Waals surface area contributed by atoms with Gasteiger partial charge in [0.2, 0.25) is 5.91 Å². The van der Waals surface area contributed by atoms with Crippen LogP contribution in [-0.4, -0.2) is 182 Å². The number of imidazole rings is 3. The first-order valence-corrected chi connectivity index (χ1v) is 36.1. The lowest BCUT2D eigenvalue weighted by Crippen LogP contribution is -2.62. The van der Waals surface area contributed by atoms with E-state index in [-0.39, 0.29) is 135 Å². The van der Waals surface area contributed by atoms with Crippen molar-refractivity contribution >= 4 is 78.5 Å². The summed E-state index contributed by atoms with van der Waals surface area (Å²) >= 11 is 0. The lowest BCUT2D eigenvalue weighted by Gasteiger charge is -2.63. The molecule has 4 aliphatic carbocycles. The fourth-order valence-corrected chi connectivity index (χ4v) is 19.1. The molecule has 1 amide bonds. The van der Waals surface area contributed by atoms with Crippen LogP contribution >= 0.6 is 15.6 Å². The molecule has 13 N–H and O–H groups in total. The van der Waals surface area contributed by atoms with Gasteiger partial charge in [0.1, 0.15) is 53.8 Å². The Kier molecular flexibility index (Phi) is 19.7. The van der Waals surface area contributed by atoms with Crippen LogP contribution in [-0.2, 0) is 55.8 Å². The van der Waals surface area contributed by atoms with Crippen molar-refractivity contribution in [3.8, 4) is 0 Å². The van der Waals surface area contributed by atoms with Gasteiger partial charge in [-0.15, -0.1) is 0 Å². The standard InChI is InChI=1S/C60H86N16O18P2/c1-30(36-9-10-37-46-38(20-43(80)60(36,37)3)59(2)13-12-32(78)15-31(59)16-39(46)79)8-11-44(81)64-14-6-4-5-7-45(82)92-40-18-34(90-56(40)74-27-71-47-50(61)65-24-68-53(47)74)22-87-96(85,86)94-42-19-35(91-58(42)76-29-73-49-52(63)67-26-70-55(49)76)23-88-95(83,84)93-41-17-33(21-77)89-57(41)75-28-72-48-51(62)66-25-69-54(48)75/h24-43,46,56-58,77-80H,4-23H2,1-3H3,(H,64,81)(H,83,84)(H,85,86)(H2,61,65,68)(H2,62,66,69)(H2,63,67,70)/t30-,31+,32-,33+,34+,35+,36-,37+,38+,39-,40-,41-,42-,43+,46+,56-,57-,58-,59+,60-/m1/s1. The first-order chi connectivity index (χ1) is 45.9. The van der Waals surface area contributed by atoms with Gasteiger partial charge in [0.15, 0.2) is 53.1 Å². The lowest BCUT2D eigenvalue weighted by molar-refractivity contribution is -0.207. The van der Waals surface area contributed by atoms with Crippen LogP contribution in [0, 0.1) is 46.3 Å². The van der Waals surface area contributed by atoms with Gasteiger partial charge in [-0.1, -0.05) is 27.2 Å². The van der Waals surface area contributed by atoms with Crippen LogP contribution in [0.1, 0.15) is 142 Å². The van der Waals surface area contributed by atoms with E-state index in [2.05, 4.69) is 70.9 Å². The summed E-state index contributed by atoms with van der Waals surface area (Å²) in [6.07, 6.45) is 4.68. The van der Waals surface area contributed by atoms with Crippen molar-refractivity contribution in [3.05, 3.63) is 38.0 Å². The number of phosphoric ester groups is 2. The van der Waals surface area contributed by atoms with Crippen LogP contribution in [0.3, 0.4) is 0 Å². The Morgan fingerprint density at radius 3 is 1.73 bits per heavy atom. The molecule has 9 heterocycles. The highest BCUT2D eigenvalue weighted by Gasteiger charge is 2.66. The first-order valence-electron chi connectivity index (χ1n) is 33.1. The maximum absolute atomic E-state index is 14.1. The number of esters is 1. The summed E-state index contributed by atoms with van der Waals surface area (Å²) in [7, 11) is -10.1. The molecule has 36 heteroatoms.